The van der Waals surface area contributed by atoms with Gasteiger partial charge in [-0.1, -0.05) is 13.0 Å². The van der Waals surface area contributed by atoms with E-state index >= 15 is 0 Å². The third-order valence-electron chi connectivity index (χ3n) is 4.21. The van der Waals surface area contributed by atoms with Crippen molar-refractivity contribution in [2.45, 2.75) is 51.8 Å². The highest BCUT2D eigenvalue weighted by atomic mass is 16.5. The summed E-state index contributed by atoms with van der Waals surface area (Å²) in [6.07, 6.45) is 3.50. The Bertz CT molecular complexity index is 438. The van der Waals surface area contributed by atoms with Crippen molar-refractivity contribution in [1.29, 1.82) is 0 Å². The molecule has 118 valence electrons. The van der Waals surface area contributed by atoms with Gasteiger partial charge in [0, 0.05) is 26.7 Å². The first kappa shape index (κ1) is 16.4. The van der Waals surface area contributed by atoms with Crippen molar-refractivity contribution in [3.05, 3.63) is 29.6 Å². The zero-order valence-electron chi connectivity index (χ0n) is 13.7. The predicted octanol–water partition coefficient (Wildman–Crippen LogP) is 2.58. The zero-order chi connectivity index (χ0) is 15.1. The zero-order valence-corrected chi connectivity index (χ0v) is 13.7. The first-order chi connectivity index (χ1) is 10.1. The van der Waals surface area contributed by atoms with Crippen LogP contribution >= 0.6 is 0 Å². The van der Waals surface area contributed by atoms with Gasteiger partial charge < -0.3 is 10.1 Å². The minimum Gasteiger partial charge on any atom is -0.377 e. The summed E-state index contributed by atoms with van der Waals surface area (Å²) in [5.74, 6) is 0. The molecule has 0 aliphatic carbocycles. The van der Waals surface area contributed by atoms with Gasteiger partial charge in [0.15, 0.2) is 0 Å². The number of methoxy groups -OCH3 is 1. The Labute approximate surface area is 128 Å². The third-order valence-corrected chi connectivity index (χ3v) is 4.21. The van der Waals surface area contributed by atoms with E-state index in [-0.39, 0.29) is 5.60 Å². The van der Waals surface area contributed by atoms with Crippen molar-refractivity contribution in [2.24, 2.45) is 0 Å². The van der Waals surface area contributed by atoms with Gasteiger partial charge in [-0.25, -0.2) is 0 Å². The molecule has 1 aromatic heterocycles. The number of aromatic nitrogens is 1. The largest absolute Gasteiger partial charge is 0.377 e. The Kier molecular flexibility index (Phi) is 6.15. The van der Waals surface area contributed by atoms with E-state index in [4.69, 9.17) is 9.72 Å². The molecule has 1 aliphatic rings. The second kappa shape index (κ2) is 7.87. The molecule has 1 aromatic rings. The Morgan fingerprint density at radius 3 is 2.95 bits per heavy atom. The van der Waals surface area contributed by atoms with Gasteiger partial charge in [-0.2, -0.15) is 0 Å². The van der Waals surface area contributed by atoms with Gasteiger partial charge in [-0.15, -0.1) is 0 Å². The molecule has 0 bridgehead atoms. The minimum atomic E-state index is -0.00145. The van der Waals surface area contributed by atoms with Crippen LogP contribution in [0.1, 0.15) is 44.5 Å². The van der Waals surface area contributed by atoms with E-state index in [2.05, 4.69) is 42.3 Å². The third kappa shape index (κ3) is 5.06. The second-order valence-corrected chi connectivity index (χ2v) is 6.27. The van der Waals surface area contributed by atoms with Gasteiger partial charge in [-0.05, 0) is 51.4 Å². The van der Waals surface area contributed by atoms with Crippen molar-refractivity contribution in [2.75, 3.05) is 26.7 Å². The highest BCUT2D eigenvalue weighted by Gasteiger charge is 2.30. The first-order valence-corrected chi connectivity index (χ1v) is 8.08. The smallest absolute Gasteiger partial charge is 0.0777 e. The van der Waals surface area contributed by atoms with Crippen LogP contribution in [0, 0.1) is 0 Å². The molecule has 1 fully saturated rings. The lowest BCUT2D eigenvalue weighted by molar-refractivity contribution is -0.0529. The molecule has 1 aliphatic heterocycles. The summed E-state index contributed by atoms with van der Waals surface area (Å²) in [6.45, 7) is 9.34. The molecule has 0 aromatic carbocycles. The molecule has 4 heteroatoms. The molecule has 1 N–H and O–H groups in total. The van der Waals surface area contributed by atoms with Crippen molar-refractivity contribution >= 4 is 0 Å². The van der Waals surface area contributed by atoms with E-state index in [0.29, 0.717) is 0 Å². The normalized spacial score (nSPS) is 23.4. The number of rotatable bonds is 7. The van der Waals surface area contributed by atoms with E-state index in [1.54, 1.807) is 0 Å². The molecule has 2 heterocycles. The summed E-state index contributed by atoms with van der Waals surface area (Å²) in [7, 11) is 1.82. The molecule has 1 atom stereocenters. The number of ether oxygens (including phenoxy) is 1. The molecule has 0 saturated carbocycles. The minimum absolute atomic E-state index is 0.00145. The fourth-order valence-electron chi connectivity index (χ4n) is 2.95. The van der Waals surface area contributed by atoms with Gasteiger partial charge in [0.2, 0.25) is 0 Å². The van der Waals surface area contributed by atoms with E-state index in [0.717, 1.165) is 57.0 Å². The highest BCUT2D eigenvalue weighted by molar-refractivity contribution is 5.11. The topological polar surface area (TPSA) is 37.4 Å². The number of likely N-dealkylation sites (tertiary alicyclic amines) is 1. The molecule has 2 rings (SSSR count). The lowest BCUT2D eigenvalue weighted by Crippen LogP contribution is -2.46. The second-order valence-electron chi connectivity index (χ2n) is 6.27. The molecule has 1 saturated heterocycles. The number of piperidine rings is 1. The van der Waals surface area contributed by atoms with Gasteiger partial charge in [0.1, 0.15) is 0 Å². The number of hydrogen-bond acceptors (Lipinski definition) is 4. The van der Waals surface area contributed by atoms with E-state index in [1.165, 1.54) is 6.42 Å². The molecular formula is C17H29N3O. The van der Waals surface area contributed by atoms with E-state index in [1.807, 2.05) is 7.11 Å². The highest BCUT2D eigenvalue weighted by Crippen LogP contribution is 2.24. The maximum atomic E-state index is 5.66. The van der Waals surface area contributed by atoms with E-state index < -0.39 is 0 Å². The molecule has 1 unspecified atom stereocenters. The van der Waals surface area contributed by atoms with Crippen LogP contribution < -0.4 is 5.32 Å². The van der Waals surface area contributed by atoms with Crippen LogP contribution in [0.15, 0.2) is 18.2 Å². The standard InChI is InChI=1S/C17H29N3O/c1-4-10-18-12-15-7-5-8-16(19-15)13-20-11-6-9-17(2,14-20)21-3/h5,7-8,18H,4,6,9-14H2,1-3H3. The summed E-state index contributed by atoms with van der Waals surface area (Å²) in [5, 5.41) is 3.41. The summed E-state index contributed by atoms with van der Waals surface area (Å²) in [6, 6.07) is 6.34. The SMILES string of the molecule is CCCNCc1cccc(CN2CCCC(C)(OC)C2)n1. The van der Waals surface area contributed by atoms with Crippen LogP contribution in [0.3, 0.4) is 0 Å². The Balaban J connectivity index is 1.91. The summed E-state index contributed by atoms with van der Waals surface area (Å²) >= 11 is 0. The lowest BCUT2D eigenvalue weighted by atomic mass is 9.94. The summed E-state index contributed by atoms with van der Waals surface area (Å²) in [4.78, 5) is 7.22. The fourth-order valence-corrected chi connectivity index (χ4v) is 2.95. The van der Waals surface area contributed by atoms with Crippen molar-refractivity contribution in [3.63, 3.8) is 0 Å². The van der Waals surface area contributed by atoms with Gasteiger partial charge >= 0.3 is 0 Å². The Morgan fingerprint density at radius 2 is 2.19 bits per heavy atom. The first-order valence-electron chi connectivity index (χ1n) is 8.08. The lowest BCUT2D eigenvalue weighted by Gasteiger charge is -2.39. The molecule has 0 spiro atoms. The van der Waals surface area contributed by atoms with Gasteiger partial charge in [-0.3, -0.25) is 9.88 Å². The molecule has 21 heavy (non-hydrogen) atoms. The Hall–Kier alpha value is -0.970. The fraction of sp³-hybridized carbons (Fsp3) is 0.706. The molecule has 0 amide bonds. The van der Waals surface area contributed by atoms with Crippen LogP contribution in [0.5, 0.6) is 0 Å². The maximum Gasteiger partial charge on any atom is 0.0777 e. The van der Waals surface area contributed by atoms with Crippen LogP contribution in [0.25, 0.3) is 0 Å². The number of pyridine rings is 1. The van der Waals surface area contributed by atoms with Crippen LogP contribution in [0.2, 0.25) is 0 Å². The number of nitrogens with zero attached hydrogens (tertiary/aromatic N) is 2. The maximum absolute atomic E-state index is 5.66. The monoisotopic (exact) mass is 291 g/mol. The number of hydrogen-bond donors (Lipinski definition) is 1. The van der Waals surface area contributed by atoms with Crippen LogP contribution in [-0.4, -0.2) is 42.2 Å². The van der Waals surface area contributed by atoms with Crippen molar-refractivity contribution in [1.82, 2.24) is 15.2 Å². The molecule has 0 radical (unpaired) electrons. The van der Waals surface area contributed by atoms with Gasteiger partial charge in [0.05, 0.1) is 17.0 Å². The van der Waals surface area contributed by atoms with Crippen molar-refractivity contribution in [3.8, 4) is 0 Å². The molecular weight excluding hydrogens is 262 g/mol. The van der Waals surface area contributed by atoms with Gasteiger partial charge in [0.25, 0.3) is 0 Å². The average molecular weight is 291 g/mol. The van der Waals surface area contributed by atoms with E-state index in [9.17, 15) is 0 Å². The van der Waals surface area contributed by atoms with Crippen molar-refractivity contribution < 1.29 is 4.74 Å². The molecule has 4 nitrogen and oxygen atoms in total. The number of nitrogens with one attached hydrogen (secondary N) is 1. The van der Waals surface area contributed by atoms with Crippen LogP contribution in [0.4, 0.5) is 0 Å². The predicted molar refractivity (Wildman–Crippen MR) is 86.2 cm³/mol. The summed E-state index contributed by atoms with van der Waals surface area (Å²) < 4.78 is 5.66. The average Bonchev–Trinajstić information content (AvgIpc) is 2.48. The quantitative estimate of drug-likeness (QED) is 0.784. The Morgan fingerprint density at radius 1 is 1.38 bits per heavy atom. The van der Waals surface area contributed by atoms with Crippen LogP contribution in [-0.2, 0) is 17.8 Å². The summed E-state index contributed by atoms with van der Waals surface area (Å²) in [5.41, 5.74) is 2.29.